The summed E-state index contributed by atoms with van der Waals surface area (Å²) in [5.74, 6) is 3.58. The Balaban J connectivity index is 1.37. The molecule has 4 saturated carbocycles. The highest BCUT2D eigenvalue weighted by Gasteiger charge is 2.51. The second-order valence-corrected chi connectivity index (χ2v) is 11.5. The highest BCUT2D eigenvalue weighted by molar-refractivity contribution is 7.15. The van der Waals surface area contributed by atoms with Crippen molar-refractivity contribution in [3.8, 4) is 5.75 Å². The van der Waals surface area contributed by atoms with Crippen LogP contribution in [0.25, 0.3) is 22.1 Å². The molecule has 0 N–H and O–H groups in total. The van der Waals surface area contributed by atoms with Crippen molar-refractivity contribution >= 4 is 33.4 Å². The fourth-order valence-electron chi connectivity index (χ4n) is 7.50. The van der Waals surface area contributed by atoms with Crippen LogP contribution >= 0.6 is 11.3 Å². The number of para-hydroxylation sites is 2. The summed E-state index contributed by atoms with van der Waals surface area (Å²) in [6, 6.07) is 14.6. The Morgan fingerprint density at radius 1 is 1.09 bits per heavy atom. The smallest absolute Gasteiger partial charge is 0.274 e. The summed E-state index contributed by atoms with van der Waals surface area (Å²) in [6.45, 7) is 2.63. The Hall–Kier alpha value is -2.66. The van der Waals surface area contributed by atoms with Crippen molar-refractivity contribution in [2.24, 2.45) is 17.8 Å². The molecular formula is C28H28N2O2S. The lowest BCUT2D eigenvalue weighted by molar-refractivity contribution is -0.00521. The summed E-state index contributed by atoms with van der Waals surface area (Å²) in [5.41, 5.74) is 4.55. The summed E-state index contributed by atoms with van der Waals surface area (Å²) < 4.78 is 8.46. The van der Waals surface area contributed by atoms with E-state index in [4.69, 9.17) is 4.74 Å². The van der Waals surface area contributed by atoms with Crippen molar-refractivity contribution < 1.29 is 4.74 Å². The zero-order valence-electron chi connectivity index (χ0n) is 18.9. The first-order valence-corrected chi connectivity index (χ1v) is 13.1. The van der Waals surface area contributed by atoms with Gasteiger partial charge in [-0.05, 0) is 105 Å². The molecule has 2 aromatic heterocycles. The summed E-state index contributed by atoms with van der Waals surface area (Å²) in [6.07, 6.45) is 10.4. The topological polar surface area (TPSA) is 43.6 Å². The molecule has 4 aliphatic carbocycles. The van der Waals surface area contributed by atoms with E-state index in [1.807, 2.05) is 37.3 Å². The highest BCUT2D eigenvalue weighted by atomic mass is 32.1. The van der Waals surface area contributed by atoms with Gasteiger partial charge in [0.15, 0.2) is 4.96 Å². The van der Waals surface area contributed by atoms with E-state index in [0.717, 1.165) is 45.1 Å². The lowest BCUT2D eigenvalue weighted by atomic mass is 9.48. The molecule has 0 radical (unpaired) electrons. The highest BCUT2D eigenvalue weighted by Crippen LogP contribution is 2.60. The Bertz CT molecular complexity index is 1460. The van der Waals surface area contributed by atoms with Crippen LogP contribution in [0.1, 0.15) is 56.6 Å². The minimum absolute atomic E-state index is 0.00589. The lowest BCUT2D eigenvalue weighted by Gasteiger charge is -2.57. The number of rotatable bonds is 4. The van der Waals surface area contributed by atoms with Gasteiger partial charge in [0, 0.05) is 5.56 Å². The molecule has 0 amide bonds. The van der Waals surface area contributed by atoms with Crippen molar-refractivity contribution in [1.82, 2.24) is 9.38 Å². The van der Waals surface area contributed by atoms with Crippen LogP contribution in [0.5, 0.6) is 5.75 Å². The molecule has 33 heavy (non-hydrogen) atoms. The van der Waals surface area contributed by atoms with Gasteiger partial charge in [-0.1, -0.05) is 29.5 Å². The van der Waals surface area contributed by atoms with Crippen LogP contribution in [0.15, 0.2) is 47.3 Å². The third-order valence-electron chi connectivity index (χ3n) is 8.39. The number of benzene rings is 2. The van der Waals surface area contributed by atoms with Crippen molar-refractivity contribution in [1.29, 1.82) is 0 Å². The van der Waals surface area contributed by atoms with Crippen molar-refractivity contribution in [3.05, 3.63) is 68.5 Å². The first-order chi connectivity index (χ1) is 16.1. The number of hydrogen-bond donors (Lipinski definition) is 0. The van der Waals surface area contributed by atoms with E-state index in [9.17, 15) is 4.79 Å². The number of ether oxygens (including phenoxy) is 1. The Kier molecular flexibility index (Phi) is 4.30. The van der Waals surface area contributed by atoms with Crippen molar-refractivity contribution in [2.45, 2.75) is 50.9 Å². The van der Waals surface area contributed by atoms with Gasteiger partial charge in [0.1, 0.15) is 5.75 Å². The number of thiazole rings is 1. The first kappa shape index (κ1) is 19.8. The Morgan fingerprint density at radius 2 is 1.82 bits per heavy atom. The first-order valence-electron chi connectivity index (χ1n) is 12.3. The zero-order chi connectivity index (χ0) is 22.2. The van der Waals surface area contributed by atoms with Crippen molar-refractivity contribution in [2.75, 3.05) is 6.61 Å². The maximum atomic E-state index is 13.3. The quantitative estimate of drug-likeness (QED) is 0.417. The number of hydrogen-bond acceptors (Lipinski definition) is 4. The number of nitrogens with zero attached hydrogens (tertiary/aromatic N) is 2. The van der Waals surface area contributed by atoms with Crippen LogP contribution in [0.3, 0.4) is 0 Å². The van der Waals surface area contributed by atoms with E-state index in [0.29, 0.717) is 16.6 Å². The Labute approximate surface area is 196 Å². The van der Waals surface area contributed by atoms with E-state index in [2.05, 4.69) is 23.2 Å². The molecular weight excluding hydrogens is 428 g/mol. The minimum Gasteiger partial charge on any atom is -0.493 e. The zero-order valence-corrected chi connectivity index (χ0v) is 19.7. The van der Waals surface area contributed by atoms with Crippen molar-refractivity contribution in [3.63, 3.8) is 0 Å². The van der Waals surface area contributed by atoms with E-state index < -0.39 is 0 Å². The van der Waals surface area contributed by atoms with Gasteiger partial charge >= 0.3 is 0 Å². The van der Waals surface area contributed by atoms with Gasteiger partial charge in [-0.15, -0.1) is 0 Å². The van der Waals surface area contributed by atoms with Gasteiger partial charge in [0.05, 0.1) is 22.2 Å². The molecule has 4 bridgehead atoms. The number of imidazole rings is 1. The standard InChI is InChI=1S/C28H28N2O2S/c1-2-32-24-8-7-21(28-14-17-9-18(15-28)11-19(10-17)16-28)12-20(24)13-25-26(31)30-23-6-4-3-5-22(23)29-27(30)33-25/h3-8,12-13,17-19H,2,9-11,14-16H2,1H3/b25-13+. The maximum Gasteiger partial charge on any atom is 0.274 e. The molecule has 0 aliphatic heterocycles. The molecule has 2 aromatic carbocycles. The normalized spacial score (nSPS) is 28.9. The van der Waals surface area contributed by atoms with E-state index >= 15 is 0 Å². The van der Waals surface area contributed by atoms with Crippen LogP contribution in [0.2, 0.25) is 0 Å². The molecule has 4 aliphatic rings. The van der Waals surface area contributed by atoms with Crippen LogP contribution in [-0.2, 0) is 5.41 Å². The molecule has 0 atom stereocenters. The van der Waals surface area contributed by atoms with Gasteiger partial charge in [-0.3, -0.25) is 4.79 Å². The van der Waals surface area contributed by atoms with Crippen LogP contribution in [0.4, 0.5) is 0 Å². The van der Waals surface area contributed by atoms with Crippen LogP contribution in [-0.4, -0.2) is 16.0 Å². The minimum atomic E-state index is 0.00589. The molecule has 4 fully saturated rings. The van der Waals surface area contributed by atoms with Gasteiger partial charge in [0.2, 0.25) is 0 Å². The fourth-order valence-corrected chi connectivity index (χ4v) is 8.47. The summed E-state index contributed by atoms with van der Waals surface area (Å²) in [5, 5.41) is 0. The van der Waals surface area contributed by atoms with E-state index in [1.165, 1.54) is 55.4 Å². The molecule has 0 saturated heterocycles. The largest absolute Gasteiger partial charge is 0.493 e. The van der Waals surface area contributed by atoms with Crippen LogP contribution in [0, 0.1) is 17.8 Å². The average Bonchev–Trinajstić information content (AvgIpc) is 3.30. The Morgan fingerprint density at radius 3 is 2.55 bits per heavy atom. The van der Waals surface area contributed by atoms with Crippen LogP contribution < -0.4 is 14.8 Å². The third-order valence-corrected chi connectivity index (χ3v) is 9.36. The van der Waals surface area contributed by atoms with Gasteiger partial charge in [-0.2, -0.15) is 0 Å². The van der Waals surface area contributed by atoms with Gasteiger partial charge < -0.3 is 4.74 Å². The summed E-state index contributed by atoms with van der Waals surface area (Å²) in [7, 11) is 0. The number of fused-ring (bicyclic) bond motifs is 3. The fraction of sp³-hybridized carbons (Fsp3) is 0.429. The second kappa shape index (κ2) is 7.17. The molecule has 4 aromatic rings. The average molecular weight is 457 g/mol. The molecule has 2 heterocycles. The SMILES string of the molecule is CCOc1ccc(C23CC4CC(CC(C4)C2)C3)cc1/C=c1/sc2nc3ccccc3n2c1=O. The summed E-state index contributed by atoms with van der Waals surface area (Å²) >= 11 is 1.46. The molecule has 0 unspecified atom stereocenters. The molecule has 8 rings (SSSR count). The molecule has 0 spiro atoms. The monoisotopic (exact) mass is 456 g/mol. The van der Waals surface area contributed by atoms with Gasteiger partial charge in [-0.25, -0.2) is 9.38 Å². The third kappa shape index (κ3) is 3.01. The van der Waals surface area contributed by atoms with E-state index in [1.54, 1.807) is 4.40 Å². The van der Waals surface area contributed by atoms with E-state index in [-0.39, 0.29) is 5.56 Å². The molecule has 4 nitrogen and oxygen atoms in total. The lowest BCUT2D eigenvalue weighted by Crippen LogP contribution is -2.48. The summed E-state index contributed by atoms with van der Waals surface area (Å²) in [4.78, 5) is 18.8. The van der Waals surface area contributed by atoms with Gasteiger partial charge in [0.25, 0.3) is 5.56 Å². The molecule has 168 valence electrons. The molecule has 5 heteroatoms. The predicted molar refractivity (Wildman–Crippen MR) is 133 cm³/mol. The maximum absolute atomic E-state index is 13.3. The second-order valence-electron chi connectivity index (χ2n) is 10.5. The number of aromatic nitrogens is 2. The predicted octanol–water partition coefficient (Wildman–Crippen LogP) is 5.32.